The Morgan fingerprint density at radius 2 is 1.52 bits per heavy atom. The van der Waals surface area contributed by atoms with Gasteiger partial charge in [-0.2, -0.15) is 0 Å². The average Bonchev–Trinajstić information content (AvgIpc) is 2.77. The Morgan fingerprint density at radius 1 is 0.862 bits per heavy atom. The third kappa shape index (κ3) is 5.41. The lowest BCUT2D eigenvalue weighted by Gasteiger charge is -2.34. The molecule has 0 atom stereocenters. The Hall–Kier alpha value is -2.28. The molecule has 0 saturated carbocycles. The van der Waals surface area contributed by atoms with Crippen molar-refractivity contribution in [2.24, 2.45) is 0 Å². The van der Waals surface area contributed by atoms with E-state index in [9.17, 15) is 0 Å². The maximum Gasteiger partial charge on any atom is 0.225 e. The van der Waals surface area contributed by atoms with Gasteiger partial charge in [-0.25, -0.2) is 9.97 Å². The number of aromatic nitrogens is 2. The highest BCUT2D eigenvalue weighted by molar-refractivity contribution is 7.99. The topological polar surface area (TPSA) is 41.5 Å². The van der Waals surface area contributed by atoms with Crippen LogP contribution < -0.4 is 9.64 Å². The fraction of sp³-hybridized carbons (Fsp3) is 0.273. The maximum absolute atomic E-state index is 5.51. The molecule has 0 bridgehead atoms. The van der Waals surface area contributed by atoms with E-state index >= 15 is 0 Å². The molecule has 1 aliphatic heterocycles. The van der Waals surface area contributed by atoms with Gasteiger partial charge in [0.1, 0.15) is 5.75 Å². The quantitative estimate of drug-likeness (QED) is 0.580. The Morgan fingerprint density at radius 3 is 2.24 bits per heavy atom. The first kappa shape index (κ1) is 21.4. The highest BCUT2D eigenvalue weighted by Crippen LogP contribution is 2.36. The highest BCUT2D eigenvalue weighted by Gasteiger charge is 2.19. The van der Waals surface area contributed by atoms with Gasteiger partial charge in [-0.15, -0.1) is 12.4 Å². The molecule has 29 heavy (non-hydrogen) atoms. The molecule has 1 saturated heterocycles. The van der Waals surface area contributed by atoms with Gasteiger partial charge < -0.3 is 9.64 Å². The molecule has 152 valence electrons. The van der Waals surface area contributed by atoms with Crippen molar-refractivity contribution in [3.05, 3.63) is 72.6 Å². The molecule has 1 aliphatic rings. The van der Waals surface area contributed by atoms with Gasteiger partial charge in [0, 0.05) is 50.0 Å². The average molecular weight is 429 g/mol. The van der Waals surface area contributed by atoms with Crippen LogP contribution in [0.3, 0.4) is 0 Å². The second-order valence-corrected chi connectivity index (χ2v) is 7.76. The predicted octanol–water partition coefficient (Wildman–Crippen LogP) is 4.38. The summed E-state index contributed by atoms with van der Waals surface area (Å²) >= 11 is 1.77. The maximum atomic E-state index is 5.51. The molecule has 2 aromatic carbocycles. The lowest BCUT2D eigenvalue weighted by molar-refractivity contribution is 0.247. The van der Waals surface area contributed by atoms with E-state index in [1.54, 1.807) is 31.3 Å². The second kappa shape index (κ2) is 10.5. The molecule has 1 fully saturated rings. The zero-order valence-corrected chi connectivity index (χ0v) is 18.0. The van der Waals surface area contributed by atoms with Crippen molar-refractivity contribution in [2.45, 2.75) is 16.3 Å². The highest BCUT2D eigenvalue weighted by atomic mass is 35.5. The van der Waals surface area contributed by atoms with Crippen LogP contribution >= 0.6 is 24.2 Å². The lowest BCUT2D eigenvalue weighted by Crippen LogP contribution is -2.46. The zero-order valence-electron chi connectivity index (χ0n) is 16.4. The molecule has 0 aliphatic carbocycles. The van der Waals surface area contributed by atoms with E-state index in [0.29, 0.717) is 0 Å². The summed E-state index contributed by atoms with van der Waals surface area (Å²) < 4.78 is 5.51. The van der Waals surface area contributed by atoms with Crippen LogP contribution in [-0.4, -0.2) is 48.2 Å². The van der Waals surface area contributed by atoms with Crippen LogP contribution in [0.15, 0.2) is 76.8 Å². The van der Waals surface area contributed by atoms with Crippen molar-refractivity contribution in [1.82, 2.24) is 14.9 Å². The lowest BCUT2D eigenvalue weighted by atomic mass is 10.2. The normalized spacial score (nSPS) is 14.3. The third-order valence-corrected chi connectivity index (χ3v) is 6.04. The van der Waals surface area contributed by atoms with E-state index in [4.69, 9.17) is 4.74 Å². The van der Waals surface area contributed by atoms with Gasteiger partial charge in [0.2, 0.25) is 5.95 Å². The van der Waals surface area contributed by atoms with Crippen LogP contribution in [0.4, 0.5) is 5.95 Å². The summed E-state index contributed by atoms with van der Waals surface area (Å²) in [6.07, 6.45) is 3.61. The molecule has 4 rings (SSSR count). The minimum atomic E-state index is 0. The number of hydrogen-bond donors (Lipinski definition) is 0. The number of piperazine rings is 1. The first-order valence-corrected chi connectivity index (χ1v) is 10.3. The largest absolute Gasteiger partial charge is 0.496 e. The van der Waals surface area contributed by atoms with E-state index in [0.717, 1.165) is 49.3 Å². The molecule has 2 heterocycles. The van der Waals surface area contributed by atoms with Gasteiger partial charge in [0.25, 0.3) is 0 Å². The molecular weight excluding hydrogens is 404 g/mol. The number of ether oxygens (including phenoxy) is 1. The number of rotatable bonds is 6. The van der Waals surface area contributed by atoms with Crippen molar-refractivity contribution in [3.8, 4) is 5.75 Å². The summed E-state index contributed by atoms with van der Waals surface area (Å²) in [6.45, 7) is 4.86. The number of anilines is 1. The van der Waals surface area contributed by atoms with Gasteiger partial charge in [0.05, 0.1) is 12.0 Å². The molecule has 1 aromatic heterocycles. The van der Waals surface area contributed by atoms with Crippen molar-refractivity contribution < 1.29 is 4.74 Å². The second-order valence-electron chi connectivity index (χ2n) is 6.67. The number of hydrogen-bond acceptors (Lipinski definition) is 6. The van der Waals surface area contributed by atoms with E-state index in [-0.39, 0.29) is 12.4 Å². The number of benzene rings is 2. The summed E-state index contributed by atoms with van der Waals surface area (Å²) in [7, 11) is 1.72. The van der Waals surface area contributed by atoms with Crippen LogP contribution in [0, 0.1) is 0 Å². The van der Waals surface area contributed by atoms with Gasteiger partial charge in [0.15, 0.2) is 0 Å². The first-order valence-electron chi connectivity index (χ1n) is 9.46. The summed E-state index contributed by atoms with van der Waals surface area (Å²) in [5.41, 5.74) is 1.35. The number of methoxy groups -OCH3 is 1. The van der Waals surface area contributed by atoms with Crippen molar-refractivity contribution in [2.75, 3.05) is 38.2 Å². The zero-order chi connectivity index (χ0) is 19.2. The Labute approximate surface area is 182 Å². The number of nitrogens with zero attached hydrogens (tertiary/aromatic N) is 4. The van der Waals surface area contributed by atoms with Gasteiger partial charge in [-0.05, 0) is 29.8 Å². The Kier molecular flexibility index (Phi) is 7.75. The van der Waals surface area contributed by atoms with Gasteiger partial charge in [-0.1, -0.05) is 42.1 Å². The monoisotopic (exact) mass is 428 g/mol. The van der Waals surface area contributed by atoms with Crippen molar-refractivity contribution in [1.29, 1.82) is 0 Å². The van der Waals surface area contributed by atoms with Gasteiger partial charge >= 0.3 is 0 Å². The molecule has 0 spiro atoms. The standard InChI is InChI=1S/C22H24N4OS.ClH/c1-27-19-8-3-5-10-21(19)28-20-9-4-2-7-18(20)17-25-13-15-26(16-14-25)22-23-11-6-12-24-22;/h2-12H,13-17H2,1H3;1H. The van der Waals surface area contributed by atoms with Crippen LogP contribution in [0.2, 0.25) is 0 Å². The minimum Gasteiger partial charge on any atom is -0.496 e. The number of halogens is 1. The first-order chi connectivity index (χ1) is 13.8. The van der Waals surface area contributed by atoms with E-state index < -0.39 is 0 Å². The fourth-order valence-electron chi connectivity index (χ4n) is 3.36. The molecular formula is C22H25ClN4OS. The van der Waals surface area contributed by atoms with Crippen LogP contribution in [0.5, 0.6) is 5.75 Å². The van der Waals surface area contributed by atoms with E-state index in [1.165, 1.54) is 10.5 Å². The van der Waals surface area contributed by atoms with Crippen LogP contribution in [-0.2, 0) is 6.54 Å². The fourth-order valence-corrected chi connectivity index (χ4v) is 4.40. The summed E-state index contributed by atoms with van der Waals surface area (Å²) in [4.78, 5) is 15.9. The van der Waals surface area contributed by atoms with Crippen molar-refractivity contribution >= 4 is 30.1 Å². The summed E-state index contributed by atoms with van der Waals surface area (Å²) in [5, 5.41) is 0. The smallest absolute Gasteiger partial charge is 0.225 e. The Bertz CT molecular complexity index is 904. The summed E-state index contributed by atoms with van der Waals surface area (Å²) in [5.74, 6) is 1.74. The molecule has 7 heteroatoms. The molecule has 3 aromatic rings. The molecule has 5 nitrogen and oxygen atoms in total. The molecule has 0 radical (unpaired) electrons. The van der Waals surface area contributed by atoms with E-state index in [1.807, 2.05) is 18.2 Å². The minimum absolute atomic E-state index is 0. The SMILES string of the molecule is COc1ccccc1Sc1ccccc1CN1CCN(c2ncccn2)CC1.Cl. The van der Waals surface area contributed by atoms with Crippen molar-refractivity contribution in [3.63, 3.8) is 0 Å². The number of para-hydroxylation sites is 1. The molecule has 0 N–H and O–H groups in total. The van der Waals surface area contributed by atoms with Gasteiger partial charge in [-0.3, -0.25) is 4.90 Å². The van der Waals surface area contributed by atoms with Crippen LogP contribution in [0.25, 0.3) is 0 Å². The molecule has 0 unspecified atom stereocenters. The Balaban J connectivity index is 0.00000240. The predicted molar refractivity (Wildman–Crippen MR) is 120 cm³/mol. The molecule has 0 amide bonds. The summed E-state index contributed by atoms with van der Waals surface area (Å²) in [6, 6.07) is 18.7. The van der Waals surface area contributed by atoms with Crippen LogP contribution in [0.1, 0.15) is 5.56 Å². The third-order valence-electron chi connectivity index (χ3n) is 4.86. The van der Waals surface area contributed by atoms with E-state index in [2.05, 4.69) is 56.2 Å².